The number of hydrogen-bond acceptors (Lipinski definition) is 6. The topological polar surface area (TPSA) is 120 Å². The standard InChI is InChI=1S/C22H29N5O4/c1-27(12-14-28,13-15-29)11-10-23-22(31)16-21(17-6-8-18(30)9-7-17)26-24-19-4-2-3-5-20(19)25-26/h2-9,21,28-29H,10-16H2,1H3,(H-,23,30,31)/p+1. The molecular formula is C22H30N5O4+. The maximum Gasteiger partial charge on any atom is 0.222 e. The molecule has 0 spiro atoms. The number of aliphatic hydroxyl groups excluding tert-OH is 2. The van der Waals surface area contributed by atoms with Crippen molar-refractivity contribution in [2.24, 2.45) is 0 Å². The molecule has 3 rings (SSSR count). The van der Waals surface area contributed by atoms with Crippen LogP contribution in [0.1, 0.15) is 18.0 Å². The maximum atomic E-state index is 12.7. The van der Waals surface area contributed by atoms with Crippen molar-refractivity contribution in [3.63, 3.8) is 0 Å². The van der Waals surface area contributed by atoms with Crippen LogP contribution in [0.5, 0.6) is 5.75 Å². The van der Waals surface area contributed by atoms with Crippen molar-refractivity contribution in [1.29, 1.82) is 0 Å². The number of nitrogens with one attached hydrogen (secondary N) is 1. The van der Waals surface area contributed by atoms with Gasteiger partial charge in [0, 0.05) is 0 Å². The smallest absolute Gasteiger partial charge is 0.222 e. The molecule has 31 heavy (non-hydrogen) atoms. The molecule has 0 fully saturated rings. The molecule has 0 saturated carbocycles. The normalized spacial score (nSPS) is 12.7. The molecule has 4 N–H and O–H groups in total. The van der Waals surface area contributed by atoms with E-state index in [0.29, 0.717) is 30.7 Å². The highest BCUT2D eigenvalue weighted by atomic mass is 16.3. The number of amides is 1. The van der Waals surface area contributed by atoms with E-state index in [1.807, 2.05) is 31.3 Å². The van der Waals surface area contributed by atoms with Gasteiger partial charge >= 0.3 is 0 Å². The van der Waals surface area contributed by atoms with E-state index in [-0.39, 0.29) is 31.3 Å². The van der Waals surface area contributed by atoms with Gasteiger partial charge in [-0.15, -0.1) is 0 Å². The molecule has 0 aliphatic heterocycles. The van der Waals surface area contributed by atoms with E-state index in [4.69, 9.17) is 0 Å². The number of aromatic nitrogens is 3. The van der Waals surface area contributed by atoms with E-state index >= 15 is 0 Å². The van der Waals surface area contributed by atoms with Gasteiger partial charge in [-0.1, -0.05) is 24.3 Å². The fraction of sp³-hybridized carbons (Fsp3) is 0.409. The Labute approximate surface area is 181 Å². The minimum atomic E-state index is -0.427. The van der Waals surface area contributed by atoms with Crippen LogP contribution in [0.3, 0.4) is 0 Å². The average Bonchev–Trinajstić information content (AvgIpc) is 3.17. The Hall–Kier alpha value is -3.01. The molecule has 1 atom stereocenters. The Morgan fingerprint density at radius 2 is 1.58 bits per heavy atom. The van der Waals surface area contributed by atoms with Crippen molar-refractivity contribution in [2.75, 3.05) is 46.4 Å². The third-order valence-corrected chi connectivity index (χ3v) is 5.49. The lowest BCUT2D eigenvalue weighted by molar-refractivity contribution is -0.908. The molecule has 0 aliphatic rings. The van der Waals surface area contributed by atoms with Gasteiger partial charge in [-0.2, -0.15) is 15.0 Å². The summed E-state index contributed by atoms with van der Waals surface area (Å²) >= 11 is 0. The van der Waals surface area contributed by atoms with Gasteiger partial charge in [0.25, 0.3) is 0 Å². The predicted molar refractivity (Wildman–Crippen MR) is 116 cm³/mol. The van der Waals surface area contributed by atoms with Crippen molar-refractivity contribution in [2.45, 2.75) is 12.5 Å². The monoisotopic (exact) mass is 428 g/mol. The van der Waals surface area contributed by atoms with Gasteiger partial charge in [0.1, 0.15) is 35.9 Å². The average molecular weight is 429 g/mol. The minimum absolute atomic E-state index is 0.0197. The second-order valence-corrected chi connectivity index (χ2v) is 7.91. The third kappa shape index (κ3) is 6.00. The fourth-order valence-corrected chi connectivity index (χ4v) is 3.58. The summed E-state index contributed by atoms with van der Waals surface area (Å²) in [6.45, 7) is 2.08. The number of aromatic hydroxyl groups is 1. The maximum absolute atomic E-state index is 12.7. The van der Waals surface area contributed by atoms with E-state index in [0.717, 1.165) is 16.6 Å². The van der Waals surface area contributed by atoms with E-state index in [1.165, 1.54) is 0 Å². The van der Waals surface area contributed by atoms with Gasteiger partial charge in [0.05, 0.1) is 39.8 Å². The number of aliphatic hydroxyl groups is 2. The summed E-state index contributed by atoms with van der Waals surface area (Å²) in [5.74, 6) is -0.00524. The number of benzene rings is 2. The summed E-state index contributed by atoms with van der Waals surface area (Å²) < 4.78 is 0.473. The number of nitrogens with zero attached hydrogens (tertiary/aromatic N) is 4. The van der Waals surface area contributed by atoms with Crippen molar-refractivity contribution >= 4 is 16.9 Å². The largest absolute Gasteiger partial charge is 0.508 e. The highest BCUT2D eigenvalue weighted by Gasteiger charge is 2.23. The summed E-state index contributed by atoms with van der Waals surface area (Å²) in [6.07, 6.45) is 0.134. The Balaban J connectivity index is 1.72. The first-order valence-electron chi connectivity index (χ1n) is 10.4. The highest BCUT2D eigenvalue weighted by molar-refractivity contribution is 5.77. The number of phenolic OH excluding ortho intramolecular Hbond substituents is 1. The SMILES string of the molecule is C[N+](CCO)(CCO)CCNC(=O)CC(c1ccc(O)cc1)n1nc2ccccc2n1. The molecule has 3 aromatic rings. The van der Waals surface area contributed by atoms with E-state index < -0.39 is 6.04 Å². The highest BCUT2D eigenvalue weighted by Crippen LogP contribution is 2.24. The zero-order valence-electron chi connectivity index (χ0n) is 17.7. The summed E-state index contributed by atoms with van der Waals surface area (Å²) in [4.78, 5) is 14.3. The molecule has 2 aromatic carbocycles. The van der Waals surface area contributed by atoms with Crippen LogP contribution < -0.4 is 5.32 Å². The number of carbonyl (C=O) groups is 1. The molecular weight excluding hydrogens is 398 g/mol. The quantitative estimate of drug-likeness (QED) is 0.333. The van der Waals surface area contributed by atoms with Crippen LogP contribution in [0.15, 0.2) is 48.5 Å². The summed E-state index contributed by atoms with van der Waals surface area (Å²) in [5, 5.41) is 40.2. The zero-order valence-corrected chi connectivity index (χ0v) is 17.7. The Kier molecular flexibility index (Phi) is 7.56. The zero-order chi connectivity index (χ0) is 22.3. The number of rotatable bonds is 11. The first-order valence-corrected chi connectivity index (χ1v) is 10.4. The molecule has 0 radical (unpaired) electrons. The van der Waals surface area contributed by atoms with Gasteiger partial charge < -0.3 is 25.1 Å². The van der Waals surface area contributed by atoms with E-state index in [9.17, 15) is 20.1 Å². The predicted octanol–water partition coefficient (Wildman–Crippen LogP) is 0.664. The van der Waals surface area contributed by atoms with Gasteiger partial charge in [0.2, 0.25) is 5.91 Å². The van der Waals surface area contributed by atoms with Gasteiger partial charge in [-0.05, 0) is 29.8 Å². The van der Waals surface area contributed by atoms with E-state index in [2.05, 4.69) is 15.5 Å². The first kappa shape index (κ1) is 22.7. The van der Waals surface area contributed by atoms with Crippen molar-refractivity contribution in [3.05, 3.63) is 54.1 Å². The van der Waals surface area contributed by atoms with Crippen LogP contribution in [0.25, 0.3) is 11.0 Å². The fourth-order valence-electron chi connectivity index (χ4n) is 3.58. The second kappa shape index (κ2) is 10.3. The van der Waals surface area contributed by atoms with Crippen LogP contribution in [-0.4, -0.2) is 87.1 Å². The van der Waals surface area contributed by atoms with Crippen LogP contribution >= 0.6 is 0 Å². The molecule has 1 heterocycles. The number of quaternary nitrogens is 1. The molecule has 9 heteroatoms. The third-order valence-electron chi connectivity index (χ3n) is 5.49. The number of phenols is 1. The number of likely N-dealkylation sites (N-methyl/N-ethyl adjacent to an activating group) is 1. The van der Waals surface area contributed by atoms with Crippen molar-refractivity contribution in [3.8, 4) is 5.75 Å². The lowest BCUT2D eigenvalue weighted by Gasteiger charge is -2.33. The summed E-state index contributed by atoms with van der Waals surface area (Å²) in [6, 6.07) is 13.8. The molecule has 1 aromatic heterocycles. The van der Waals surface area contributed by atoms with Crippen molar-refractivity contribution < 1.29 is 24.6 Å². The molecule has 0 bridgehead atoms. The first-order chi connectivity index (χ1) is 14.9. The van der Waals surface area contributed by atoms with Crippen LogP contribution in [0.2, 0.25) is 0 Å². The van der Waals surface area contributed by atoms with Crippen LogP contribution in [0.4, 0.5) is 0 Å². The second-order valence-electron chi connectivity index (χ2n) is 7.91. The van der Waals surface area contributed by atoms with Crippen molar-refractivity contribution in [1.82, 2.24) is 20.3 Å². The molecule has 9 nitrogen and oxygen atoms in total. The Morgan fingerprint density at radius 1 is 1.00 bits per heavy atom. The molecule has 1 unspecified atom stereocenters. The number of carbonyl (C=O) groups excluding carboxylic acids is 1. The van der Waals surface area contributed by atoms with Gasteiger partial charge in [-0.3, -0.25) is 4.79 Å². The van der Waals surface area contributed by atoms with Crippen LogP contribution in [0, 0.1) is 0 Å². The number of hydrogen-bond donors (Lipinski definition) is 4. The molecule has 166 valence electrons. The Bertz CT molecular complexity index is 950. The minimum Gasteiger partial charge on any atom is -0.508 e. The van der Waals surface area contributed by atoms with Gasteiger partial charge in [-0.25, -0.2) is 0 Å². The summed E-state index contributed by atoms with van der Waals surface area (Å²) in [5.41, 5.74) is 2.30. The molecule has 0 saturated heterocycles. The Morgan fingerprint density at radius 3 is 2.13 bits per heavy atom. The lowest BCUT2D eigenvalue weighted by Crippen LogP contribution is -2.51. The molecule has 0 aliphatic carbocycles. The van der Waals surface area contributed by atoms with Gasteiger partial charge in [0.15, 0.2) is 0 Å². The van der Waals surface area contributed by atoms with E-state index in [1.54, 1.807) is 29.1 Å². The number of fused-ring (bicyclic) bond motifs is 1. The summed E-state index contributed by atoms with van der Waals surface area (Å²) in [7, 11) is 1.94. The van der Waals surface area contributed by atoms with Crippen LogP contribution in [-0.2, 0) is 4.79 Å². The molecule has 1 amide bonds. The lowest BCUT2D eigenvalue weighted by atomic mass is 10.0.